The van der Waals surface area contributed by atoms with Crippen molar-refractivity contribution < 1.29 is 14.3 Å². The van der Waals surface area contributed by atoms with Gasteiger partial charge < -0.3 is 19.3 Å². The Morgan fingerprint density at radius 1 is 1.04 bits per heavy atom. The van der Waals surface area contributed by atoms with E-state index in [9.17, 15) is 4.79 Å². The zero-order valence-corrected chi connectivity index (χ0v) is 14.3. The van der Waals surface area contributed by atoms with Crippen LogP contribution in [-0.2, 0) is 4.74 Å². The summed E-state index contributed by atoms with van der Waals surface area (Å²) in [5, 5.41) is 2.57. The van der Waals surface area contributed by atoms with Gasteiger partial charge in [-0.15, -0.1) is 0 Å². The lowest BCUT2D eigenvalue weighted by Gasteiger charge is -2.16. The van der Waals surface area contributed by atoms with Crippen molar-refractivity contribution in [1.29, 1.82) is 0 Å². The summed E-state index contributed by atoms with van der Waals surface area (Å²) in [5.74, 6) is 1.43. The number of methoxy groups -OCH3 is 1. The fourth-order valence-corrected chi connectivity index (χ4v) is 1.69. The van der Waals surface area contributed by atoms with Crippen molar-refractivity contribution in [2.24, 2.45) is 0 Å². The zero-order valence-electron chi connectivity index (χ0n) is 14.3. The van der Waals surface area contributed by atoms with Crippen LogP contribution < -0.4 is 19.9 Å². The molecular formula is C15H20N6O3. The maximum atomic E-state index is 11.3. The summed E-state index contributed by atoms with van der Waals surface area (Å²) in [6.45, 7) is 0. The van der Waals surface area contributed by atoms with Crippen molar-refractivity contribution in [1.82, 2.24) is 15.0 Å². The van der Waals surface area contributed by atoms with Gasteiger partial charge in [0.05, 0.1) is 7.11 Å². The second-order valence-corrected chi connectivity index (χ2v) is 5.25. The number of anilines is 3. The molecule has 0 saturated heterocycles. The number of nitrogens with zero attached hydrogens (tertiary/aromatic N) is 5. The average molecular weight is 332 g/mol. The van der Waals surface area contributed by atoms with E-state index >= 15 is 0 Å². The van der Waals surface area contributed by atoms with Gasteiger partial charge in [0.2, 0.25) is 11.9 Å². The molecule has 9 heteroatoms. The van der Waals surface area contributed by atoms with Gasteiger partial charge in [0.25, 0.3) is 0 Å². The van der Waals surface area contributed by atoms with Gasteiger partial charge in [0.15, 0.2) is 0 Å². The molecule has 1 aromatic heterocycles. The Balaban J connectivity index is 2.27. The van der Waals surface area contributed by atoms with Gasteiger partial charge in [-0.05, 0) is 12.1 Å². The predicted octanol–water partition coefficient (Wildman–Crippen LogP) is 1.97. The fraction of sp³-hybridized carbons (Fsp3) is 0.333. The van der Waals surface area contributed by atoms with E-state index in [2.05, 4.69) is 25.0 Å². The third kappa shape index (κ3) is 4.45. The fourth-order valence-electron chi connectivity index (χ4n) is 1.69. The normalized spacial score (nSPS) is 10.0. The minimum Gasteiger partial charge on any atom is -0.453 e. The molecule has 0 saturated carbocycles. The minimum absolute atomic E-state index is 0.160. The van der Waals surface area contributed by atoms with Crippen LogP contribution in [0, 0.1) is 0 Å². The molecule has 128 valence electrons. The molecule has 1 N–H and O–H groups in total. The van der Waals surface area contributed by atoms with E-state index in [1.807, 2.05) is 28.2 Å². The van der Waals surface area contributed by atoms with E-state index in [1.54, 1.807) is 34.1 Å². The van der Waals surface area contributed by atoms with Crippen molar-refractivity contribution in [2.45, 2.75) is 0 Å². The molecule has 1 amide bonds. The summed E-state index contributed by atoms with van der Waals surface area (Å²) in [7, 11) is 8.63. The van der Waals surface area contributed by atoms with Gasteiger partial charge in [0.1, 0.15) is 5.75 Å². The third-order valence-corrected chi connectivity index (χ3v) is 2.87. The highest BCUT2D eigenvalue weighted by Crippen LogP contribution is 2.24. The number of benzene rings is 1. The molecule has 2 aromatic rings. The number of hydrogen-bond acceptors (Lipinski definition) is 8. The van der Waals surface area contributed by atoms with Gasteiger partial charge in [-0.3, -0.25) is 5.32 Å². The standard InChI is InChI=1S/C15H20N6O3/c1-20(2)12-17-13(21(3)4)19-14(18-12)24-11-8-6-7-10(9-11)16-15(22)23-5/h6-9H,1-5H3,(H,16,22). The molecule has 0 fully saturated rings. The van der Waals surface area contributed by atoms with Crippen molar-refractivity contribution in [3.63, 3.8) is 0 Å². The minimum atomic E-state index is -0.558. The van der Waals surface area contributed by atoms with Crippen LogP contribution in [0.3, 0.4) is 0 Å². The summed E-state index contributed by atoms with van der Waals surface area (Å²) in [6, 6.07) is 6.99. The molecule has 9 nitrogen and oxygen atoms in total. The zero-order chi connectivity index (χ0) is 17.7. The van der Waals surface area contributed by atoms with E-state index in [-0.39, 0.29) is 6.01 Å². The van der Waals surface area contributed by atoms with E-state index in [0.29, 0.717) is 23.3 Å². The number of aromatic nitrogens is 3. The lowest BCUT2D eigenvalue weighted by Crippen LogP contribution is -2.19. The van der Waals surface area contributed by atoms with Crippen LogP contribution in [0.2, 0.25) is 0 Å². The first-order valence-electron chi connectivity index (χ1n) is 7.12. The lowest BCUT2D eigenvalue weighted by atomic mass is 10.3. The van der Waals surface area contributed by atoms with Gasteiger partial charge in [-0.25, -0.2) is 4.79 Å². The molecule has 0 radical (unpaired) electrons. The smallest absolute Gasteiger partial charge is 0.411 e. The number of hydrogen-bond donors (Lipinski definition) is 1. The summed E-state index contributed by atoms with van der Waals surface area (Å²) >= 11 is 0. The monoisotopic (exact) mass is 332 g/mol. The highest BCUT2D eigenvalue weighted by molar-refractivity contribution is 5.84. The topological polar surface area (TPSA) is 92.7 Å². The molecule has 0 atom stereocenters. The predicted molar refractivity (Wildman–Crippen MR) is 91.0 cm³/mol. The number of ether oxygens (including phenoxy) is 2. The van der Waals surface area contributed by atoms with Crippen LogP contribution in [-0.4, -0.2) is 56.3 Å². The number of rotatable bonds is 5. The van der Waals surface area contributed by atoms with Crippen molar-refractivity contribution >= 4 is 23.7 Å². The maximum Gasteiger partial charge on any atom is 0.411 e. The summed E-state index contributed by atoms with van der Waals surface area (Å²) in [6.07, 6.45) is -0.558. The van der Waals surface area contributed by atoms with Crippen LogP contribution in [0.1, 0.15) is 0 Å². The summed E-state index contributed by atoms with van der Waals surface area (Å²) < 4.78 is 10.3. The maximum absolute atomic E-state index is 11.3. The van der Waals surface area contributed by atoms with Gasteiger partial charge in [-0.1, -0.05) is 6.07 Å². The second kappa shape index (κ2) is 7.44. The molecule has 0 aliphatic carbocycles. The number of amides is 1. The van der Waals surface area contributed by atoms with Crippen molar-refractivity contribution in [3.05, 3.63) is 24.3 Å². The summed E-state index contributed by atoms with van der Waals surface area (Å²) in [5.41, 5.74) is 0.536. The summed E-state index contributed by atoms with van der Waals surface area (Å²) in [4.78, 5) is 27.6. The first-order chi connectivity index (χ1) is 11.4. The van der Waals surface area contributed by atoms with Crippen LogP contribution in [0.4, 0.5) is 22.4 Å². The van der Waals surface area contributed by atoms with Crippen molar-refractivity contribution in [3.8, 4) is 11.8 Å². The highest BCUT2D eigenvalue weighted by atomic mass is 16.5. The van der Waals surface area contributed by atoms with Crippen LogP contribution in [0.15, 0.2) is 24.3 Å². The second-order valence-electron chi connectivity index (χ2n) is 5.25. The third-order valence-electron chi connectivity index (χ3n) is 2.87. The highest BCUT2D eigenvalue weighted by Gasteiger charge is 2.12. The Morgan fingerprint density at radius 3 is 2.21 bits per heavy atom. The first-order valence-corrected chi connectivity index (χ1v) is 7.12. The van der Waals surface area contributed by atoms with Gasteiger partial charge in [-0.2, -0.15) is 15.0 Å². The first kappa shape index (κ1) is 17.3. The Labute approximate surface area is 140 Å². The van der Waals surface area contributed by atoms with E-state index < -0.39 is 6.09 Å². The molecule has 0 aliphatic rings. The lowest BCUT2D eigenvalue weighted by molar-refractivity contribution is 0.187. The molecular weight excluding hydrogens is 312 g/mol. The van der Waals surface area contributed by atoms with E-state index in [4.69, 9.17) is 4.74 Å². The molecule has 0 unspecified atom stereocenters. The molecule has 0 bridgehead atoms. The SMILES string of the molecule is COC(=O)Nc1cccc(Oc2nc(N(C)C)nc(N(C)C)n2)c1. The number of carbonyl (C=O) groups excluding carboxylic acids is 1. The van der Waals surface area contributed by atoms with Crippen molar-refractivity contribution in [2.75, 3.05) is 50.4 Å². The molecule has 0 aliphatic heterocycles. The Hall–Kier alpha value is -3.10. The number of carbonyl (C=O) groups is 1. The Morgan fingerprint density at radius 2 is 1.67 bits per heavy atom. The number of nitrogens with one attached hydrogen (secondary N) is 1. The largest absolute Gasteiger partial charge is 0.453 e. The van der Waals surface area contributed by atoms with Gasteiger partial charge >= 0.3 is 12.1 Å². The molecule has 1 aromatic carbocycles. The molecule has 2 rings (SSSR count). The van der Waals surface area contributed by atoms with Crippen LogP contribution in [0.5, 0.6) is 11.8 Å². The molecule has 0 spiro atoms. The molecule has 24 heavy (non-hydrogen) atoms. The van der Waals surface area contributed by atoms with E-state index in [1.165, 1.54) is 7.11 Å². The Kier molecular flexibility index (Phi) is 5.35. The van der Waals surface area contributed by atoms with Gasteiger partial charge in [0, 0.05) is 39.9 Å². The molecule has 1 heterocycles. The quantitative estimate of drug-likeness (QED) is 0.888. The Bertz CT molecular complexity index is 694. The average Bonchev–Trinajstić information content (AvgIpc) is 2.54. The van der Waals surface area contributed by atoms with Crippen LogP contribution >= 0.6 is 0 Å². The van der Waals surface area contributed by atoms with E-state index in [0.717, 1.165) is 0 Å². The van der Waals surface area contributed by atoms with Crippen LogP contribution in [0.25, 0.3) is 0 Å².